The van der Waals surface area contributed by atoms with Gasteiger partial charge in [0.25, 0.3) is 0 Å². The van der Waals surface area contributed by atoms with E-state index < -0.39 is 11.4 Å². The summed E-state index contributed by atoms with van der Waals surface area (Å²) in [4.78, 5) is 10.4. The summed E-state index contributed by atoms with van der Waals surface area (Å²) in [6.45, 7) is 1.77. The molecule has 0 heterocycles. The Morgan fingerprint density at radius 3 is 2.00 bits per heavy atom. The van der Waals surface area contributed by atoms with Gasteiger partial charge in [0.1, 0.15) is 0 Å². The van der Waals surface area contributed by atoms with Crippen LogP contribution in [0.2, 0.25) is 0 Å². The number of hydrogen-bond donors (Lipinski definition) is 0. The first-order valence-electron chi connectivity index (χ1n) is 3.37. The Balaban J connectivity index is 2.61. The quantitative estimate of drug-likeness (QED) is 0.526. The predicted molar refractivity (Wildman–Crippen MR) is 32.3 cm³/mol. The number of carbonyl (C=O) groups is 1. The summed E-state index contributed by atoms with van der Waals surface area (Å²) in [5, 5.41) is 10.4. The molecule has 1 rings (SSSR count). The van der Waals surface area contributed by atoms with Crippen molar-refractivity contribution in [3.8, 4) is 0 Å². The topological polar surface area (TPSA) is 37.0 Å². The fourth-order valence-corrected chi connectivity index (χ4v) is 1.36. The van der Waals surface area contributed by atoms with E-state index in [0.717, 1.165) is 25.7 Å². The smallest absolute Gasteiger partial charge is 0.247 e. The van der Waals surface area contributed by atoms with Crippen molar-refractivity contribution in [1.29, 1.82) is 0 Å². The summed E-state index contributed by atoms with van der Waals surface area (Å²) in [6.07, 6.45) is 3.69. The van der Waals surface area contributed by atoms with Crippen LogP contribution in [0.1, 0.15) is 32.6 Å². The molecule has 0 atom stereocenters. The first kappa shape index (κ1) is 6.59. The molecule has 0 aromatic heterocycles. The van der Waals surface area contributed by atoms with Crippen LogP contribution in [0.25, 0.3) is 0 Å². The first-order chi connectivity index (χ1) is 4.15. The van der Waals surface area contributed by atoms with Crippen LogP contribution in [0, 0.1) is 5.41 Å². The zero-order chi connectivity index (χ0) is 6.91. The highest BCUT2D eigenvalue weighted by atomic mass is 16.4. The molecular formula is C7H11O2. The molecule has 0 bridgehead atoms. The lowest BCUT2D eigenvalue weighted by Gasteiger charge is -2.13. The van der Waals surface area contributed by atoms with Gasteiger partial charge in [0.15, 0.2) is 0 Å². The van der Waals surface area contributed by atoms with Gasteiger partial charge in [-0.15, -0.1) is 0 Å². The second-order valence-corrected chi connectivity index (χ2v) is 3.06. The summed E-state index contributed by atoms with van der Waals surface area (Å²) in [7, 11) is 0. The number of rotatable bonds is 1. The van der Waals surface area contributed by atoms with E-state index in [0.29, 0.717) is 0 Å². The van der Waals surface area contributed by atoms with Gasteiger partial charge in [-0.1, -0.05) is 12.8 Å². The van der Waals surface area contributed by atoms with Gasteiger partial charge in [-0.2, -0.15) is 0 Å². The average molecular weight is 127 g/mol. The van der Waals surface area contributed by atoms with Crippen LogP contribution in [-0.4, -0.2) is 5.97 Å². The molecule has 1 aliphatic rings. The van der Waals surface area contributed by atoms with Crippen molar-refractivity contribution < 1.29 is 9.90 Å². The molecule has 51 valence electrons. The normalized spacial score (nSPS) is 24.1. The van der Waals surface area contributed by atoms with Crippen LogP contribution in [-0.2, 0) is 9.90 Å². The minimum Gasteiger partial charge on any atom is -0.247 e. The fraction of sp³-hybridized carbons (Fsp3) is 0.857. The van der Waals surface area contributed by atoms with E-state index in [9.17, 15) is 9.90 Å². The molecule has 0 saturated heterocycles. The molecule has 0 amide bonds. The maximum atomic E-state index is 10.4. The first-order valence-corrected chi connectivity index (χ1v) is 3.37. The van der Waals surface area contributed by atoms with Crippen molar-refractivity contribution in [2.24, 2.45) is 5.41 Å². The second kappa shape index (κ2) is 2.01. The molecule has 0 N–H and O–H groups in total. The highest BCUT2D eigenvalue weighted by Crippen LogP contribution is 2.37. The van der Waals surface area contributed by atoms with Crippen molar-refractivity contribution in [1.82, 2.24) is 0 Å². The molecule has 0 spiro atoms. The standard InChI is InChI=1S/C7H11O2/c1-7(6(8)9)4-2-3-5-7/h2-5H2,1H3. The molecule has 0 aromatic carbocycles. The zero-order valence-corrected chi connectivity index (χ0v) is 5.64. The van der Waals surface area contributed by atoms with Gasteiger partial charge in [-0.25, -0.2) is 9.90 Å². The maximum absolute atomic E-state index is 10.4. The minimum atomic E-state index is -0.875. The Kier molecular flexibility index (Phi) is 1.47. The predicted octanol–water partition coefficient (Wildman–Crippen LogP) is 1.52. The maximum Gasteiger partial charge on any atom is 0.361 e. The lowest BCUT2D eigenvalue weighted by Crippen LogP contribution is -2.21. The van der Waals surface area contributed by atoms with E-state index >= 15 is 0 Å². The molecular weight excluding hydrogens is 116 g/mol. The van der Waals surface area contributed by atoms with Gasteiger partial charge in [0, 0.05) is 0 Å². The Labute approximate surface area is 54.9 Å². The van der Waals surface area contributed by atoms with Gasteiger partial charge in [0.05, 0.1) is 5.41 Å². The number of carbonyl (C=O) groups excluding carboxylic acids is 1. The van der Waals surface area contributed by atoms with Crippen LogP contribution in [0.3, 0.4) is 0 Å². The molecule has 0 aromatic rings. The van der Waals surface area contributed by atoms with Crippen LogP contribution < -0.4 is 0 Å². The summed E-state index contributed by atoms with van der Waals surface area (Å²) < 4.78 is 0. The van der Waals surface area contributed by atoms with E-state index in [4.69, 9.17) is 0 Å². The van der Waals surface area contributed by atoms with E-state index in [1.807, 2.05) is 0 Å². The monoisotopic (exact) mass is 127 g/mol. The highest BCUT2D eigenvalue weighted by Gasteiger charge is 2.37. The Morgan fingerprint density at radius 2 is 1.78 bits per heavy atom. The molecule has 1 aliphatic carbocycles. The second-order valence-electron chi connectivity index (χ2n) is 3.06. The third kappa shape index (κ3) is 1.07. The Hall–Kier alpha value is -0.530. The van der Waals surface area contributed by atoms with E-state index in [1.165, 1.54) is 0 Å². The van der Waals surface area contributed by atoms with Crippen molar-refractivity contribution in [2.75, 3.05) is 0 Å². The minimum absolute atomic E-state index is 0.500. The van der Waals surface area contributed by atoms with E-state index in [2.05, 4.69) is 0 Å². The SMILES string of the molecule is CC1(C([O])=O)CCCC1. The molecule has 0 unspecified atom stereocenters. The number of hydrogen-bond acceptors (Lipinski definition) is 1. The summed E-state index contributed by atoms with van der Waals surface area (Å²) >= 11 is 0. The summed E-state index contributed by atoms with van der Waals surface area (Å²) in [5.74, 6) is -0.875. The van der Waals surface area contributed by atoms with Crippen LogP contribution in [0.15, 0.2) is 0 Å². The molecule has 2 heteroatoms. The summed E-state index contributed by atoms with van der Waals surface area (Å²) in [5.41, 5.74) is -0.500. The third-order valence-electron chi connectivity index (χ3n) is 2.20. The Morgan fingerprint density at radius 1 is 1.33 bits per heavy atom. The molecule has 9 heavy (non-hydrogen) atoms. The average Bonchev–Trinajstić information content (AvgIpc) is 2.16. The highest BCUT2D eigenvalue weighted by molar-refractivity contribution is 5.73. The third-order valence-corrected chi connectivity index (χ3v) is 2.20. The molecule has 1 radical (unpaired) electrons. The van der Waals surface area contributed by atoms with E-state index in [1.54, 1.807) is 6.92 Å². The van der Waals surface area contributed by atoms with E-state index in [-0.39, 0.29) is 0 Å². The van der Waals surface area contributed by atoms with Crippen LogP contribution in [0.4, 0.5) is 0 Å². The van der Waals surface area contributed by atoms with Crippen LogP contribution in [0.5, 0.6) is 0 Å². The molecule has 0 aliphatic heterocycles. The lowest BCUT2D eigenvalue weighted by atomic mass is 9.89. The van der Waals surface area contributed by atoms with Crippen molar-refractivity contribution in [3.63, 3.8) is 0 Å². The van der Waals surface area contributed by atoms with Gasteiger partial charge in [-0.05, 0) is 19.8 Å². The zero-order valence-electron chi connectivity index (χ0n) is 5.64. The molecule has 1 saturated carbocycles. The fourth-order valence-electron chi connectivity index (χ4n) is 1.36. The van der Waals surface area contributed by atoms with Crippen LogP contribution >= 0.6 is 0 Å². The Bertz CT molecular complexity index is 123. The van der Waals surface area contributed by atoms with Crippen molar-refractivity contribution in [2.45, 2.75) is 32.6 Å². The van der Waals surface area contributed by atoms with Crippen molar-refractivity contribution in [3.05, 3.63) is 0 Å². The van der Waals surface area contributed by atoms with Gasteiger partial charge in [0.2, 0.25) is 0 Å². The molecule has 2 nitrogen and oxygen atoms in total. The van der Waals surface area contributed by atoms with Gasteiger partial charge >= 0.3 is 5.97 Å². The van der Waals surface area contributed by atoms with Gasteiger partial charge < -0.3 is 0 Å². The lowest BCUT2D eigenvalue weighted by molar-refractivity contribution is -0.154. The molecule has 1 fully saturated rings. The largest absolute Gasteiger partial charge is 0.361 e. The van der Waals surface area contributed by atoms with Gasteiger partial charge in [-0.3, -0.25) is 0 Å². The van der Waals surface area contributed by atoms with Crippen molar-refractivity contribution >= 4 is 5.97 Å². The summed E-state index contributed by atoms with van der Waals surface area (Å²) in [6, 6.07) is 0.